The van der Waals surface area contributed by atoms with Crippen molar-refractivity contribution in [1.82, 2.24) is 4.57 Å². The summed E-state index contributed by atoms with van der Waals surface area (Å²) in [7, 11) is 0. The van der Waals surface area contributed by atoms with Crippen LogP contribution in [-0.4, -0.2) is 4.57 Å². The normalized spacial score (nSPS) is 11.6. The summed E-state index contributed by atoms with van der Waals surface area (Å²) in [5.74, 6) is 0. The van der Waals surface area contributed by atoms with Crippen molar-refractivity contribution in [3.63, 3.8) is 0 Å². The average molecular weight is 855 g/mol. The SMILES string of the molecule is c1ccc(-c2cc(-c3ccccc3)cc(N(c3ccc(-c4cccc(-n5c6ccccc6c6ccccc65)c4)cc3)c3cccc(-c4cccc5oc6c7ccccc7ccc6c45)c3)c2)cc1. The highest BCUT2D eigenvalue weighted by molar-refractivity contribution is 6.19. The zero-order valence-corrected chi connectivity index (χ0v) is 36.6. The molecule has 0 aliphatic carbocycles. The van der Waals surface area contributed by atoms with E-state index in [1.54, 1.807) is 0 Å². The zero-order valence-electron chi connectivity index (χ0n) is 36.6. The summed E-state index contributed by atoms with van der Waals surface area (Å²) in [4.78, 5) is 2.40. The Hall–Kier alpha value is -8.92. The lowest BCUT2D eigenvalue weighted by Gasteiger charge is -2.27. The first-order valence-electron chi connectivity index (χ1n) is 22.9. The molecule has 0 amide bonds. The summed E-state index contributed by atoms with van der Waals surface area (Å²) in [5.41, 5.74) is 17.7. The van der Waals surface area contributed by atoms with Crippen LogP contribution in [0, 0.1) is 0 Å². The molecule has 13 rings (SSSR count). The van der Waals surface area contributed by atoms with Crippen molar-refractivity contribution in [2.75, 3.05) is 4.90 Å². The van der Waals surface area contributed by atoms with E-state index < -0.39 is 0 Å². The molecule has 2 aromatic heterocycles. The predicted molar refractivity (Wildman–Crippen MR) is 282 cm³/mol. The zero-order chi connectivity index (χ0) is 44.3. The van der Waals surface area contributed by atoms with E-state index in [2.05, 4.69) is 264 Å². The second-order valence-electron chi connectivity index (χ2n) is 17.3. The molecule has 3 nitrogen and oxygen atoms in total. The second-order valence-corrected chi connectivity index (χ2v) is 17.3. The number of furan rings is 1. The molecule has 0 saturated heterocycles. The van der Waals surface area contributed by atoms with Gasteiger partial charge in [0.25, 0.3) is 0 Å². The number of fused-ring (bicyclic) bond motifs is 8. The molecule has 2 heterocycles. The van der Waals surface area contributed by atoms with Crippen LogP contribution in [-0.2, 0) is 0 Å². The van der Waals surface area contributed by atoms with E-state index >= 15 is 0 Å². The maximum atomic E-state index is 6.66. The molecule has 11 aromatic carbocycles. The lowest BCUT2D eigenvalue weighted by Crippen LogP contribution is -2.10. The number of aromatic nitrogens is 1. The Morgan fingerprint density at radius 2 is 0.881 bits per heavy atom. The third kappa shape index (κ3) is 6.67. The number of benzene rings is 11. The molecule has 0 radical (unpaired) electrons. The van der Waals surface area contributed by atoms with Crippen molar-refractivity contribution in [2.24, 2.45) is 0 Å². The highest BCUT2D eigenvalue weighted by Gasteiger charge is 2.20. The topological polar surface area (TPSA) is 21.3 Å². The minimum atomic E-state index is 0.881. The Kier molecular flexibility index (Phi) is 9.17. The van der Waals surface area contributed by atoms with Crippen LogP contribution in [0.3, 0.4) is 0 Å². The van der Waals surface area contributed by atoms with Gasteiger partial charge >= 0.3 is 0 Å². The summed E-state index contributed by atoms with van der Waals surface area (Å²) in [6.45, 7) is 0. The average Bonchev–Trinajstić information content (AvgIpc) is 3.96. The van der Waals surface area contributed by atoms with Crippen LogP contribution >= 0.6 is 0 Å². The Balaban J connectivity index is 0.970. The van der Waals surface area contributed by atoms with Gasteiger partial charge in [0.05, 0.1) is 11.0 Å². The van der Waals surface area contributed by atoms with E-state index in [1.165, 1.54) is 38.3 Å². The highest BCUT2D eigenvalue weighted by atomic mass is 16.3. The van der Waals surface area contributed by atoms with Crippen molar-refractivity contribution in [2.45, 2.75) is 0 Å². The van der Waals surface area contributed by atoms with Crippen LogP contribution in [0.5, 0.6) is 0 Å². The van der Waals surface area contributed by atoms with E-state index in [1.807, 2.05) is 0 Å². The van der Waals surface area contributed by atoms with Gasteiger partial charge in [-0.05, 0) is 129 Å². The van der Waals surface area contributed by atoms with Gasteiger partial charge in [0, 0.05) is 49.7 Å². The van der Waals surface area contributed by atoms with Crippen LogP contribution in [0.15, 0.2) is 259 Å². The minimum absolute atomic E-state index is 0.881. The van der Waals surface area contributed by atoms with E-state index in [4.69, 9.17) is 4.42 Å². The maximum absolute atomic E-state index is 6.66. The fourth-order valence-corrected chi connectivity index (χ4v) is 10.2. The van der Waals surface area contributed by atoms with Gasteiger partial charge in [-0.1, -0.05) is 176 Å². The summed E-state index contributed by atoms with van der Waals surface area (Å²) in [6, 6.07) is 92.0. The Morgan fingerprint density at radius 3 is 1.60 bits per heavy atom. The molecule has 0 bridgehead atoms. The van der Waals surface area contributed by atoms with Crippen molar-refractivity contribution >= 4 is 71.6 Å². The van der Waals surface area contributed by atoms with Gasteiger partial charge in [-0.3, -0.25) is 0 Å². The van der Waals surface area contributed by atoms with Gasteiger partial charge in [-0.2, -0.15) is 0 Å². The quantitative estimate of drug-likeness (QED) is 0.152. The molecule has 0 aliphatic rings. The lowest BCUT2D eigenvalue weighted by atomic mass is 9.96. The first-order chi connectivity index (χ1) is 33.2. The molecule has 67 heavy (non-hydrogen) atoms. The highest BCUT2D eigenvalue weighted by Crippen LogP contribution is 2.44. The molecule has 0 N–H and O–H groups in total. The van der Waals surface area contributed by atoms with Crippen LogP contribution < -0.4 is 4.90 Å². The largest absolute Gasteiger partial charge is 0.455 e. The van der Waals surface area contributed by atoms with Gasteiger partial charge in [-0.25, -0.2) is 0 Å². The van der Waals surface area contributed by atoms with Crippen LogP contribution in [0.4, 0.5) is 17.1 Å². The Bertz CT molecular complexity index is 3860. The van der Waals surface area contributed by atoms with E-state index in [0.717, 1.165) is 83.5 Å². The molecule has 314 valence electrons. The summed E-state index contributed by atoms with van der Waals surface area (Å²) >= 11 is 0. The van der Waals surface area contributed by atoms with E-state index in [-0.39, 0.29) is 0 Å². The molecular formula is C64H42N2O. The van der Waals surface area contributed by atoms with E-state index in [9.17, 15) is 0 Å². The van der Waals surface area contributed by atoms with Crippen LogP contribution in [0.1, 0.15) is 0 Å². The fourth-order valence-electron chi connectivity index (χ4n) is 10.2. The fraction of sp³-hybridized carbons (Fsp3) is 0. The second kappa shape index (κ2) is 16.0. The van der Waals surface area contributed by atoms with Crippen molar-refractivity contribution < 1.29 is 4.42 Å². The predicted octanol–water partition coefficient (Wildman–Crippen LogP) is 18.0. The number of anilines is 3. The first kappa shape index (κ1) is 38.5. The molecule has 0 saturated carbocycles. The molecular weight excluding hydrogens is 813 g/mol. The standard InChI is InChI=1S/C64H42N2O/c1-3-16-43(17-4-1)49-38-50(44-18-5-2-6-19-44)42-54(41-49)65(52-23-14-22-48(40-52)55-28-15-31-62-63(55)59-37-34-46-20-7-8-25-56(46)64(59)67-62)51-35-32-45(33-36-51)47-21-13-24-53(39-47)66-60-29-11-9-26-57(60)58-27-10-12-30-61(58)66/h1-42H. The summed E-state index contributed by atoms with van der Waals surface area (Å²) in [5, 5.41) is 7.04. The molecule has 3 heteroatoms. The monoisotopic (exact) mass is 854 g/mol. The Labute approximate surface area is 388 Å². The first-order valence-corrected chi connectivity index (χ1v) is 22.9. The molecule has 0 atom stereocenters. The Morgan fingerprint density at radius 1 is 0.313 bits per heavy atom. The third-order valence-corrected chi connectivity index (χ3v) is 13.3. The number of para-hydroxylation sites is 2. The van der Waals surface area contributed by atoms with Crippen LogP contribution in [0.2, 0.25) is 0 Å². The third-order valence-electron chi connectivity index (χ3n) is 13.3. The molecule has 13 aromatic rings. The van der Waals surface area contributed by atoms with Crippen molar-refractivity contribution in [3.05, 3.63) is 255 Å². The molecule has 0 spiro atoms. The van der Waals surface area contributed by atoms with Gasteiger partial charge in [-0.15, -0.1) is 0 Å². The van der Waals surface area contributed by atoms with Crippen molar-refractivity contribution in [1.29, 1.82) is 0 Å². The molecule has 0 aliphatic heterocycles. The lowest BCUT2D eigenvalue weighted by molar-refractivity contribution is 0.673. The summed E-state index contributed by atoms with van der Waals surface area (Å²) in [6.07, 6.45) is 0. The number of rotatable bonds is 8. The van der Waals surface area contributed by atoms with Crippen molar-refractivity contribution in [3.8, 4) is 50.2 Å². The number of hydrogen-bond acceptors (Lipinski definition) is 2. The minimum Gasteiger partial charge on any atom is -0.455 e. The number of hydrogen-bond donors (Lipinski definition) is 0. The van der Waals surface area contributed by atoms with E-state index in [0.29, 0.717) is 0 Å². The molecule has 0 unspecified atom stereocenters. The van der Waals surface area contributed by atoms with Crippen LogP contribution in [0.25, 0.3) is 105 Å². The van der Waals surface area contributed by atoms with Gasteiger partial charge in [0.1, 0.15) is 11.2 Å². The molecule has 0 fully saturated rings. The number of nitrogens with zero attached hydrogens (tertiary/aromatic N) is 2. The van der Waals surface area contributed by atoms with Gasteiger partial charge < -0.3 is 13.9 Å². The smallest absolute Gasteiger partial charge is 0.143 e. The van der Waals surface area contributed by atoms with Gasteiger partial charge in [0.2, 0.25) is 0 Å². The summed E-state index contributed by atoms with van der Waals surface area (Å²) < 4.78 is 9.04. The maximum Gasteiger partial charge on any atom is 0.143 e. The van der Waals surface area contributed by atoms with Gasteiger partial charge in [0.15, 0.2) is 0 Å².